The molecule has 0 bridgehead atoms. The Bertz CT molecular complexity index is 552. The summed E-state index contributed by atoms with van der Waals surface area (Å²) in [7, 11) is 0. The highest BCUT2D eigenvalue weighted by Gasteiger charge is 2.36. The van der Waals surface area contributed by atoms with Gasteiger partial charge in [0.05, 0.1) is 0 Å². The monoisotopic (exact) mass is 288 g/mol. The lowest BCUT2D eigenvalue weighted by Crippen LogP contribution is -2.54. The molecule has 1 aromatic rings. The maximum Gasteiger partial charge on any atom is 0.326 e. The SMILES string of the molecule is O=C(O)[C@@H]1Cc2ccccc2CN1C(=O)N1CCCCC1. The van der Waals surface area contributed by atoms with Crippen molar-refractivity contribution in [2.45, 2.75) is 38.3 Å². The molecule has 2 heterocycles. The van der Waals surface area contributed by atoms with Crippen molar-refractivity contribution in [3.63, 3.8) is 0 Å². The molecular formula is C16H20N2O3. The largest absolute Gasteiger partial charge is 0.480 e. The molecule has 0 aliphatic carbocycles. The standard InChI is InChI=1S/C16H20N2O3/c19-15(20)14-10-12-6-2-3-7-13(12)11-18(14)16(21)17-8-4-1-5-9-17/h2-3,6-7,14H,1,4-5,8-11H2,(H,19,20)/t14-/m0/s1. The van der Waals surface area contributed by atoms with E-state index in [1.807, 2.05) is 24.3 Å². The van der Waals surface area contributed by atoms with E-state index in [4.69, 9.17) is 0 Å². The molecule has 1 fully saturated rings. The van der Waals surface area contributed by atoms with E-state index in [2.05, 4.69) is 0 Å². The number of carboxylic acid groups (broad SMARTS) is 1. The van der Waals surface area contributed by atoms with Crippen LogP contribution >= 0.6 is 0 Å². The highest BCUT2D eigenvalue weighted by molar-refractivity contribution is 5.83. The summed E-state index contributed by atoms with van der Waals surface area (Å²) in [6.07, 6.45) is 3.56. The molecule has 2 aliphatic heterocycles. The number of carboxylic acids is 1. The zero-order valence-electron chi connectivity index (χ0n) is 12.0. The summed E-state index contributed by atoms with van der Waals surface area (Å²) in [6.45, 7) is 1.87. The van der Waals surface area contributed by atoms with Gasteiger partial charge in [-0.05, 0) is 30.4 Å². The highest BCUT2D eigenvalue weighted by atomic mass is 16.4. The molecule has 21 heavy (non-hydrogen) atoms. The van der Waals surface area contributed by atoms with Gasteiger partial charge in [0.2, 0.25) is 0 Å². The minimum Gasteiger partial charge on any atom is -0.480 e. The van der Waals surface area contributed by atoms with Gasteiger partial charge in [-0.15, -0.1) is 0 Å². The van der Waals surface area contributed by atoms with Crippen molar-refractivity contribution in [1.82, 2.24) is 9.80 Å². The van der Waals surface area contributed by atoms with Gasteiger partial charge >= 0.3 is 12.0 Å². The molecule has 112 valence electrons. The quantitative estimate of drug-likeness (QED) is 0.861. The number of hydrogen-bond donors (Lipinski definition) is 1. The van der Waals surface area contributed by atoms with Crippen LogP contribution in [0, 0.1) is 0 Å². The van der Waals surface area contributed by atoms with Crippen molar-refractivity contribution >= 4 is 12.0 Å². The summed E-state index contributed by atoms with van der Waals surface area (Å²) in [5.41, 5.74) is 2.09. The molecule has 3 rings (SSSR count). The molecule has 0 spiro atoms. The zero-order valence-corrected chi connectivity index (χ0v) is 12.0. The predicted octanol–water partition coefficient (Wildman–Crippen LogP) is 2.10. The molecule has 5 heteroatoms. The van der Waals surface area contributed by atoms with Gasteiger partial charge in [-0.25, -0.2) is 9.59 Å². The number of carbonyl (C=O) groups is 2. The van der Waals surface area contributed by atoms with Crippen LogP contribution in [0.1, 0.15) is 30.4 Å². The van der Waals surface area contributed by atoms with Crippen LogP contribution < -0.4 is 0 Å². The molecule has 1 atom stereocenters. The number of aliphatic carboxylic acids is 1. The van der Waals surface area contributed by atoms with Crippen molar-refractivity contribution in [3.05, 3.63) is 35.4 Å². The van der Waals surface area contributed by atoms with Crippen molar-refractivity contribution in [1.29, 1.82) is 0 Å². The molecular weight excluding hydrogens is 268 g/mol. The third kappa shape index (κ3) is 2.73. The van der Waals surface area contributed by atoms with Crippen molar-refractivity contribution < 1.29 is 14.7 Å². The van der Waals surface area contributed by atoms with Crippen LogP contribution in [-0.4, -0.2) is 46.0 Å². The molecule has 5 nitrogen and oxygen atoms in total. The fourth-order valence-electron chi connectivity index (χ4n) is 3.21. The maximum absolute atomic E-state index is 12.7. The maximum atomic E-state index is 12.7. The fourth-order valence-corrected chi connectivity index (χ4v) is 3.21. The Hall–Kier alpha value is -2.04. The van der Waals surface area contributed by atoms with Crippen LogP contribution in [0.2, 0.25) is 0 Å². The van der Waals surface area contributed by atoms with Gasteiger partial charge in [0.1, 0.15) is 6.04 Å². The van der Waals surface area contributed by atoms with Crippen LogP contribution in [0.15, 0.2) is 24.3 Å². The number of fused-ring (bicyclic) bond motifs is 1. The normalized spacial score (nSPS) is 21.8. The fraction of sp³-hybridized carbons (Fsp3) is 0.500. The highest BCUT2D eigenvalue weighted by Crippen LogP contribution is 2.25. The van der Waals surface area contributed by atoms with Gasteiger partial charge in [-0.1, -0.05) is 24.3 Å². The van der Waals surface area contributed by atoms with Gasteiger partial charge in [0.15, 0.2) is 0 Å². The number of likely N-dealkylation sites (tertiary alicyclic amines) is 1. The average Bonchev–Trinajstić information content (AvgIpc) is 2.53. The summed E-state index contributed by atoms with van der Waals surface area (Å²) in [5.74, 6) is -0.921. The first kappa shape index (κ1) is 13.9. The van der Waals surface area contributed by atoms with E-state index in [1.54, 1.807) is 4.90 Å². The molecule has 0 unspecified atom stereocenters. The minimum absolute atomic E-state index is 0.128. The molecule has 2 amide bonds. The second-order valence-corrected chi connectivity index (χ2v) is 5.79. The summed E-state index contributed by atoms with van der Waals surface area (Å²) >= 11 is 0. The number of nitrogens with zero attached hydrogens (tertiary/aromatic N) is 2. The first-order valence-corrected chi connectivity index (χ1v) is 7.52. The smallest absolute Gasteiger partial charge is 0.326 e. The van der Waals surface area contributed by atoms with Gasteiger partial charge in [-0.3, -0.25) is 0 Å². The number of benzene rings is 1. The van der Waals surface area contributed by atoms with E-state index in [9.17, 15) is 14.7 Å². The lowest BCUT2D eigenvalue weighted by molar-refractivity contribution is -0.142. The molecule has 1 N–H and O–H groups in total. The van der Waals surface area contributed by atoms with E-state index < -0.39 is 12.0 Å². The lowest BCUT2D eigenvalue weighted by Gasteiger charge is -2.39. The van der Waals surface area contributed by atoms with E-state index >= 15 is 0 Å². The number of hydrogen-bond acceptors (Lipinski definition) is 2. The van der Waals surface area contributed by atoms with Gasteiger partial charge in [0.25, 0.3) is 0 Å². The third-order valence-corrected chi connectivity index (χ3v) is 4.41. The average molecular weight is 288 g/mol. The van der Waals surface area contributed by atoms with Crippen LogP contribution in [-0.2, 0) is 17.8 Å². The Balaban J connectivity index is 1.85. The van der Waals surface area contributed by atoms with Gasteiger partial charge in [0, 0.05) is 26.1 Å². The van der Waals surface area contributed by atoms with Gasteiger partial charge in [-0.2, -0.15) is 0 Å². The Morgan fingerprint density at radius 1 is 1.05 bits per heavy atom. The summed E-state index contributed by atoms with van der Waals surface area (Å²) < 4.78 is 0. The van der Waals surface area contributed by atoms with Crippen molar-refractivity contribution in [3.8, 4) is 0 Å². The number of amides is 2. The molecule has 1 saturated heterocycles. The molecule has 2 aliphatic rings. The summed E-state index contributed by atoms with van der Waals surface area (Å²) in [5, 5.41) is 9.47. The van der Waals surface area contributed by atoms with Crippen molar-refractivity contribution in [2.75, 3.05) is 13.1 Å². The number of urea groups is 1. The Labute approximate surface area is 124 Å². The van der Waals surface area contributed by atoms with Gasteiger partial charge < -0.3 is 14.9 Å². The first-order valence-electron chi connectivity index (χ1n) is 7.52. The van der Waals surface area contributed by atoms with Crippen LogP contribution in [0.25, 0.3) is 0 Å². The zero-order chi connectivity index (χ0) is 14.8. The second kappa shape index (κ2) is 5.76. The third-order valence-electron chi connectivity index (χ3n) is 4.41. The molecule has 1 aromatic carbocycles. The lowest BCUT2D eigenvalue weighted by atomic mass is 9.94. The van der Waals surface area contributed by atoms with Crippen LogP contribution in [0.3, 0.4) is 0 Å². The number of rotatable bonds is 1. The molecule has 0 aromatic heterocycles. The Morgan fingerprint density at radius 2 is 1.71 bits per heavy atom. The minimum atomic E-state index is -0.921. The van der Waals surface area contributed by atoms with Crippen LogP contribution in [0.4, 0.5) is 4.79 Å². The Morgan fingerprint density at radius 3 is 2.38 bits per heavy atom. The van der Waals surface area contributed by atoms with E-state index in [1.165, 1.54) is 4.90 Å². The number of carbonyl (C=O) groups excluding carboxylic acids is 1. The van der Waals surface area contributed by atoms with Crippen LogP contribution in [0.5, 0.6) is 0 Å². The summed E-state index contributed by atoms with van der Waals surface area (Å²) in [6, 6.07) is 6.90. The van der Waals surface area contributed by atoms with Crippen molar-refractivity contribution in [2.24, 2.45) is 0 Å². The number of piperidine rings is 1. The second-order valence-electron chi connectivity index (χ2n) is 5.79. The summed E-state index contributed by atoms with van der Waals surface area (Å²) in [4.78, 5) is 27.5. The van der Waals surface area contributed by atoms with E-state index in [-0.39, 0.29) is 6.03 Å². The predicted molar refractivity (Wildman–Crippen MR) is 77.9 cm³/mol. The van der Waals surface area contributed by atoms with E-state index in [0.29, 0.717) is 13.0 Å². The first-order chi connectivity index (χ1) is 10.2. The molecule has 0 radical (unpaired) electrons. The topological polar surface area (TPSA) is 60.9 Å². The van der Waals surface area contributed by atoms with E-state index in [0.717, 1.165) is 43.5 Å². The molecule has 0 saturated carbocycles. The Kier molecular flexibility index (Phi) is 3.82.